The fourth-order valence-corrected chi connectivity index (χ4v) is 4.64. The van der Waals surface area contributed by atoms with E-state index in [0.717, 1.165) is 5.56 Å². The molecular formula is C18H20ClN3O5S. The van der Waals surface area contributed by atoms with E-state index in [1.807, 2.05) is 12.1 Å². The third-order valence-electron chi connectivity index (χ3n) is 4.57. The molecule has 0 aliphatic carbocycles. The van der Waals surface area contributed by atoms with Gasteiger partial charge in [0.05, 0.1) is 18.1 Å². The van der Waals surface area contributed by atoms with Crippen LogP contribution in [0.2, 0.25) is 5.02 Å². The van der Waals surface area contributed by atoms with Crippen LogP contribution in [0.3, 0.4) is 0 Å². The molecule has 150 valence electrons. The Labute approximate surface area is 168 Å². The molecule has 1 N–H and O–H groups in total. The van der Waals surface area contributed by atoms with Gasteiger partial charge in [0.1, 0.15) is 0 Å². The maximum absolute atomic E-state index is 12.8. The van der Waals surface area contributed by atoms with Gasteiger partial charge in [0.2, 0.25) is 10.0 Å². The lowest BCUT2D eigenvalue weighted by Crippen LogP contribution is -2.44. The Morgan fingerprint density at radius 1 is 1.14 bits per heavy atom. The summed E-state index contributed by atoms with van der Waals surface area (Å²) in [7, 11) is -4.08. The van der Waals surface area contributed by atoms with Crippen LogP contribution in [0.4, 0.5) is 5.69 Å². The number of para-hydroxylation sites is 1. The number of nitrogens with zero attached hydrogens (tertiary/aromatic N) is 2. The molecule has 10 heteroatoms. The van der Waals surface area contributed by atoms with Gasteiger partial charge < -0.3 is 4.74 Å². The molecule has 0 aromatic heterocycles. The molecule has 3 rings (SSSR count). The predicted molar refractivity (Wildman–Crippen MR) is 105 cm³/mol. The Bertz CT molecular complexity index is 948. The highest BCUT2D eigenvalue weighted by atomic mass is 35.5. The first-order valence-corrected chi connectivity index (χ1v) is 10.6. The number of nitro groups is 1. The second-order valence-electron chi connectivity index (χ2n) is 6.26. The summed E-state index contributed by atoms with van der Waals surface area (Å²) in [5.41, 5.74) is 0.326. The SMILES string of the molecule is O=[N+]([O-])c1ccccc1S(=O)(=O)NCC(c1ccccc1Cl)N1CCOCC1. The van der Waals surface area contributed by atoms with Gasteiger partial charge in [-0.2, -0.15) is 0 Å². The van der Waals surface area contributed by atoms with Crippen molar-refractivity contribution in [1.82, 2.24) is 9.62 Å². The van der Waals surface area contributed by atoms with Crippen molar-refractivity contribution in [2.45, 2.75) is 10.9 Å². The third kappa shape index (κ3) is 4.68. The number of sulfonamides is 1. The molecule has 0 spiro atoms. The molecule has 0 radical (unpaired) electrons. The molecule has 1 atom stereocenters. The molecule has 0 saturated carbocycles. The van der Waals surface area contributed by atoms with E-state index >= 15 is 0 Å². The first kappa shape index (κ1) is 20.7. The van der Waals surface area contributed by atoms with Crippen LogP contribution >= 0.6 is 11.6 Å². The molecule has 2 aromatic rings. The van der Waals surface area contributed by atoms with E-state index < -0.39 is 20.6 Å². The molecule has 1 saturated heterocycles. The van der Waals surface area contributed by atoms with Crippen molar-refractivity contribution in [1.29, 1.82) is 0 Å². The minimum atomic E-state index is -4.08. The number of morpholine rings is 1. The minimum Gasteiger partial charge on any atom is -0.379 e. The minimum absolute atomic E-state index is 0.0259. The largest absolute Gasteiger partial charge is 0.379 e. The van der Waals surface area contributed by atoms with E-state index in [-0.39, 0.29) is 17.5 Å². The van der Waals surface area contributed by atoms with Crippen molar-refractivity contribution in [3.63, 3.8) is 0 Å². The Kier molecular flexibility index (Phi) is 6.63. The van der Waals surface area contributed by atoms with Crippen molar-refractivity contribution in [3.05, 3.63) is 69.2 Å². The van der Waals surface area contributed by atoms with Crippen LogP contribution < -0.4 is 4.72 Å². The maximum Gasteiger partial charge on any atom is 0.289 e. The number of hydrogen-bond acceptors (Lipinski definition) is 6. The lowest BCUT2D eigenvalue weighted by Gasteiger charge is -2.35. The van der Waals surface area contributed by atoms with Crippen LogP contribution in [0.25, 0.3) is 0 Å². The average molecular weight is 426 g/mol. The van der Waals surface area contributed by atoms with E-state index in [2.05, 4.69) is 9.62 Å². The summed E-state index contributed by atoms with van der Waals surface area (Å²) in [5.74, 6) is 0. The summed E-state index contributed by atoms with van der Waals surface area (Å²) in [6.07, 6.45) is 0. The van der Waals surface area contributed by atoms with Gasteiger partial charge >= 0.3 is 0 Å². The molecule has 1 heterocycles. The Morgan fingerprint density at radius 3 is 2.46 bits per heavy atom. The van der Waals surface area contributed by atoms with Gasteiger partial charge in [0, 0.05) is 36.8 Å². The standard InChI is InChI=1S/C18H20ClN3O5S/c19-15-6-2-1-5-14(15)17(21-9-11-27-12-10-21)13-20-28(25,26)18-8-4-3-7-16(18)22(23)24/h1-8,17,20H,9-13H2. The van der Waals surface area contributed by atoms with Crippen molar-refractivity contribution in [2.75, 3.05) is 32.8 Å². The van der Waals surface area contributed by atoms with Gasteiger partial charge in [0.25, 0.3) is 5.69 Å². The highest BCUT2D eigenvalue weighted by Crippen LogP contribution is 2.29. The van der Waals surface area contributed by atoms with Gasteiger partial charge in [-0.1, -0.05) is 41.9 Å². The van der Waals surface area contributed by atoms with Crippen LogP contribution in [0, 0.1) is 10.1 Å². The smallest absolute Gasteiger partial charge is 0.289 e. The van der Waals surface area contributed by atoms with Crippen molar-refractivity contribution >= 4 is 27.3 Å². The molecule has 8 nitrogen and oxygen atoms in total. The quantitative estimate of drug-likeness (QED) is 0.540. The van der Waals surface area contributed by atoms with E-state index in [0.29, 0.717) is 31.3 Å². The first-order valence-electron chi connectivity index (χ1n) is 8.69. The highest BCUT2D eigenvalue weighted by molar-refractivity contribution is 7.89. The second kappa shape index (κ2) is 8.97. The van der Waals surface area contributed by atoms with Gasteiger partial charge in [0.15, 0.2) is 4.90 Å². The summed E-state index contributed by atoms with van der Waals surface area (Å²) in [6, 6.07) is 12.2. The summed E-state index contributed by atoms with van der Waals surface area (Å²) in [5, 5.41) is 11.7. The zero-order chi connectivity index (χ0) is 20.1. The number of ether oxygens (including phenoxy) is 1. The van der Waals surface area contributed by atoms with E-state index in [1.165, 1.54) is 24.3 Å². The summed E-state index contributed by atoms with van der Waals surface area (Å²) in [6.45, 7) is 2.36. The molecule has 0 amide bonds. The Balaban J connectivity index is 1.87. The summed E-state index contributed by atoms with van der Waals surface area (Å²) >= 11 is 6.35. The van der Waals surface area contributed by atoms with Crippen LogP contribution in [0.5, 0.6) is 0 Å². The molecule has 1 unspecified atom stereocenters. The lowest BCUT2D eigenvalue weighted by molar-refractivity contribution is -0.387. The van der Waals surface area contributed by atoms with Gasteiger partial charge in [-0.25, -0.2) is 13.1 Å². The molecule has 1 fully saturated rings. The van der Waals surface area contributed by atoms with Crippen molar-refractivity contribution in [3.8, 4) is 0 Å². The van der Waals surface area contributed by atoms with Crippen molar-refractivity contribution < 1.29 is 18.1 Å². The van der Waals surface area contributed by atoms with Gasteiger partial charge in [-0.15, -0.1) is 0 Å². The zero-order valence-electron chi connectivity index (χ0n) is 15.0. The van der Waals surface area contributed by atoms with E-state index in [4.69, 9.17) is 16.3 Å². The molecule has 1 aliphatic rings. The number of rotatable bonds is 7. The zero-order valence-corrected chi connectivity index (χ0v) is 16.5. The first-order chi connectivity index (χ1) is 13.4. The number of nitrogens with one attached hydrogen (secondary N) is 1. The van der Waals surface area contributed by atoms with Gasteiger partial charge in [-0.3, -0.25) is 15.0 Å². The summed E-state index contributed by atoms with van der Waals surface area (Å²) in [4.78, 5) is 12.2. The average Bonchev–Trinajstić information content (AvgIpc) is 2.70. The second-order valence-corrected chi connectivity index (χ2v) is 8.40. The topological polar surface area (TPSA) is 102 Å². The molecule has 2 aromatic carbocycles. The fraction of sp³-hybridized carbons (Fsp3) is 0.333. The van der Waals surface area contributed by atoms with Crippen LogP contribution in [-0.2, 0) is 14.8 Å². The Morgan fingerprint density at radius 2 is 1.79 bits per heavy atom. The molecule has 1 aliphatic heterocycles. The van der Waals surface area contributed by atoms with Crippen LogP contribution in [-0.4, -0.2) is 51.1 Å². The van der Waals surface area contributed by atoms with Crippen molar-refractivity contribution in [2.24, 2.45) is 0 Å². The lowest BCUT2D eigenvalue weighted by atomic mass is 10.0. The predicted octanol–water partition coefficient (Wildman–Crippen LogP) is 2.60. The number of nitro benzene ring substituents is 1. The van der Waals surface area contributed by atoms with E-state index in [1.54, 1.807) is 12.1 Å². The maximum atomic E-state index is 12.8. The fourth-order valence-electron chi connectivity index (χ4n) is 3.17. The normalized spacial score (nSPS) is 16.6. The number of halogens is 1. The highest BCUT2D eigenvalue weighted by Gasteiger charge is 2.29. The third-order valence-corrected chi connectivity index (χ3v) is 6.38. The Hall–Kier alpha value is -2.04. The monoisotopic (exact) mass is 425 g/mol. The number of hydrogen-bond donors (Lipinski definition) is 1. The van der Waals surface area contributed by atoms with E-state index in [9.17, 15) is 18.5 Å². The number of benzene rings is 2. The molecule has 0 bridgehead atoms. The van der Waals surface area contributed by atoms with Gasteiger partial charge in [-0.05, 0) is 17.7 Å². The van der Waals surface area contributed by atoms with Crippen LogP contribution in [0.15, 0.2) is 53.4 Å². The molecular weight excluding hydrogens is 406 g/mol. The molecule has 28 heavy (non-hydrogen) atoms. The summed E-state index contributed by atoms with van der Waals surface area (Å²) < 4.78 is 33.4. The van der Waals surface area contributed by atoms with Crippen LogP contribution in [0.1, 0.15) is 11.6 Å².